The van der Waals surface area contributed by atoms with Crippen molar-refractivity contribution in [3.05, 3.63) is 35.9 Å². The van der Waals surface area contributed by atoms with Gasteiger partial charge in [-0.3, -0.25) is 9.59 Å². The molecule has 1 saturated carbocycles. The number of carbonyl (C=O) groups excluding carboxylic acids is 1. The molecule has 0 bridgehead atoms. The Morgan fingerprint density at radius 1 is 0.917 bits per heavy atom. The third-order valence-corrected chi connectivity index (χ3v) is 5.63. The first-order chi connectivity index (χ1) is 11.7. The van der Waals surface area contributed by atoms with E-state index in [0.29, 0.717) is 13.1 Å². The first-order valence-corrected chi connectivity index (χ1v) is 9.23. The minimum atomic E-state index is -0.795. The fourth-order valence-electron chi connectivity index (χ4n) is 4.23. The highest BCUT2D eigenvalue weighted by Gasteiger charge is 2.41. The number of aliphatic carboxylic acids is 1. The molecule has 2 unspecified atom stereocenters. The third-order valence-electron chi connectivity index (χ3n) is 5.63. The van der Waals surface area contributed by atoms with Gasteiger partial charge in [-0.05, 0) is 18.4 Å². The van der Waals surface area contributed by atoms with Crippen molar-refractivity contribution in [2.24, 2.45) is 11.8 Å². The normalized spacial score (nSPS) is 25.9. The van der Waals surface area contributed by atoms with E-state index in [0.717, 1.165) is 31.2 Å². The highest BCUT2D eigenvalue weighted by molar-refractivity contribution is 5.81. The number of nitrogens with zero attached hydrogens (tertiary/aromatic N) is 1. The lowest BCUT2D eigenvalue weighted by molar-refractivity contribution is -0.142. The van der Waals surface area contributed by atoms with Gasteiger partial charge in [0.05, 0.1) is 5.92 Å². The summed E-state index contributed by atoms with van der Waals surface area (Å²) in [5.41, 5.74) is 1.03. The van der Waals surface area contributed by atoms with Crippen molar-refractivity contribution in [2.45, 2.75) is 50.9 Å². The van der Waals surface area contributed by atoms with Crippen LogP contribution < -0.4 is 0 Å². The minimum absolute atomic E-state index is 0.0919. The molecule has 4 heteroatoms. The molecule has 130 valence electrons. The summed E-state index contributed by atoms with van der Waals surface area (Å²) in [5, 5.41) is 9.60. The van der Waals surface area contributed by atoms with Crippen molar-refractivity contribution in [3.8, 4) is 0 Å². The van der Waals surface area contributed by atoms with Crippen LogP contribution in [-0.4, -0.2) is 35.0 Å². The van der Waals surface area contributed by atoms with Crippen LogP contribution in [0.15, 0.2) is 30.3 Å². The zero-order valence-electron chi connectivity index (χ0n) is 14.2. The van der Waals surface area contributed by atoms with Crippen LogP contribution in [0.4, 0.5) is 0 Å². The Balaban J connectivity index is 1.72. The number of hydrogen-bond donors (Lipinski definition) is 1. The highest BCUT2D eigenvalue weighted by atomic mass is 16.4. The molecule has 2 atom stereocenters. The molecule has 1 aliphatic heterocycles. The number of hydrogen-bond acceptors (Lipinski definition) is 2. The van der Waals surface area contributed by atoms with E-state index in [2.05, 4.69) is 0 Å². The molecule has 2 aliphatic rings. The van der Waals surface area contributed by atoms with Gasteiger partial charge in [-0.25, -0.2) is 0 Å². The predicted molar refractivity (Wildman–Crippen MR) is 92.7 cm³/mol. The quantitative estimate of drug-likeness (QED) is 0.920. The van der Waals surface area contributed by atoms with E-state index in [1.165, 1.54) is 19.3 Å². The largest absolute Gasteiger partial charge is 0.481 e. The molecule has 4 nitrogen and oxygen atoms in total. The van der Waals surface area contributed by atoms with Crippen LogP contribution in [-0.2, 0) is 9.59 Å². The number of carbonyl (C=O) groups is 2. The number of carboxylic acids is 1. The smallest absolute Gasteiger partial charge is 0.308 e. The molecule has 1 amide bonds. The number of carboxylic acid groups (broad SMARTS) is 1. The molecule has 0 spiro atoms. The number of likely N-dealkylation sites (tertiary alicyclic amines) is 1. The van der Waals surface area contributed by atoms with Crippen LogP contribution in [0.2, 0.25) is 0 Å². The monoisotopic (exact) mass is 329 g/mol. The fraction of sp³-hybridized carbons (Fsp3) is 0.600. The summed E-state index contributed by atoms with van der Waals surface area (Å²) >= 11 is 0. The van der Waals surface area contributed by atoms with Crippen molar-refractivity contribution in [3.63, 3.8) is 0 Å². The van der Waals surface area contributed by atoms with Crippen molar-refractivity contribution >= 4 is 11.9 Å². The Morgan fingerprint density at radius 3 is 2.17 bits per heavy atom. The van der Waals surface area contributed by atoms with Crippen LogP contribution in [0.5, 0.6) is 0 Å². The molecule has 24 heavy (non-hydrogen) atoms. The Morgan fingerprint density at radius 2 is 1.54 bits per heavy atom. The zero-order chi connectivity index (χ0) is 16.9. The molecule has 1 aromatic carbocycles. The Bertz CT molecular complexity index is 564. The lowest BCUT2D eigenvalue weighted by Crippen LogP contribution is -2.35. The average molecular weight is 329 g/mol. The van der Waals surface area contributed by atoms with E-state index >= 15 is 0 Å². The third kappa shape index (κ3) is 3.80. The molecular weight excluding hydrogens is 302 g/mol. The predicted octanol–water partition coefficient (Wildman–Crippen LogP) is 3.67. The topological polar surface area (TPSA) is 57.6 Å². The lowest BCUT2D eigenvalue weighted by Gasteiger charge is -2.25. The highest BCUT2D eigenvalue weighted by Crippen LogP contribution is 2.35. The number of rotatable bonds is 3. The van der Waals surface area contributed by atoms with Gasteiger partial charge in [-0.15, -0.1) is 0 Å². The maximum Gasteiger partial charge on any atom is 0.308 e. The van der Waals surface area contributed by atoms with Crippen LogP contribution in [0, 0.1) is 11.8 Å². The first kappa shape index (κ1) is 17.0. The van der Waals surface area contributed by atoms with Gasteiger partial charge in [0.15, 0.2) is 0 Å². The van der Waals surface area contributed by atoms with Crippen LogP contribution in [0.1, 0.15) is 56.4 Å². The molecule has 1 heterocycles. The Hall–Kier alpha value is -1.84. The number of benzene rings is 1. The van der Waals surface area contributed by atoms with E-state index in [1.54, 1.807) is 0 Å². The van der Waals surface area contributed by atoms with Gasteiger partial charge in [0.25, 0.3) is 0 Å². The molecular formula is C20H27NO3. The SMILES string of the molecule is O=C(O)C1CN(C(=O)C2CCCCCCC2)CC1c1ccccc1. The standard InChI is InChI=1S/C20H27NO3/c22-19(16-11-5-2-1-3-6-12-16)21-13-17(18(14-21)20(23)24)15-9-7-4-8-10-15/h4,7-10,16-18H,1-3,5-6,11-14H2,(H,23,24). The Kier molecular flexibility index (Phi) is 5.54. The van der Waals surface area contributed by atoms with E-state index in [-0.39, 0.29) is 17.7 Å². The maximum atomic E-state index is 12.9. The van der Waals surface area contributed by atoms with E-state index < -0.39 is 11.9 Å². The van der Waals surface area contributed by atoms with Gasteiger partial charge in [-0.2, -0.15) is 0 Å². The van der Waals surface area contributed by atoms with Crippen LogP contribution in [0.3, 0.4) is 0 Å². The molecule has 3 rings (SSSR count). The summed E-state index contributed by atoms with van der Waals surface area (Å²) in [6.07, 6.45) is 7.87. The van der Waals surface area contributed by atoms with E-state index in [4.69, 9.17) is 0 Å². The van der Waals surface area contributed by atoms with Crippen LogP contribution in [0.25, 0.3) is 0 Å². The zero-order valence-corrected chi connectivity index (χ0v) is 14.2. The summed E-state index contributed by atoms with van der Waals surface area (Å²) in [6.45, 7) is 0.889. The fourth-order valence-corrected chi connectivity index (χ4v) is 4.23. The van der Waals surface area contributed by atoms with Gasteiger partial charge in [0.2, 0.25) is 5.91 Å². The van der Waals surface area contributed by atoms with Gasteiger partial charge < -0.3 is 10.0 Å². The lowest BCUT2D eigenvalue weighted by atomic mass is 9.89. The van der Waals surface area contributed by atoms with Crippen molar-refractivity contribution in [2.75, 3.05) is 13.1 Å². The first-order valence-electron chi connectivity index (χ1n) is 9.23. The molecule has 1 N–H and O–H groups in total. The Labute approximate surface area is 143 Å². The van der Waals surface area contributed by atoms with Gasteiger partial charge in [-0.1, -0.05) is 62.4 Å². The van der Waals surface area contributed by atoms with E-state index in [9.17, 15) is 14.7 Å². The van der Waals surface area contributed by atoms with Crippen LogP contribution >= 0.6 is 0 Å². The summed E-state index contributed by atoms with van der Waals surface area (Å²) in [7, 11) is 0. The average Bonchev–Trinajstić information content (AvgIpc) is 3.00. The second-order valence-corrected chi connectivity index (χ2v) is 7.25. The van der Waals surface area contributed by atoms with E-state index in [1.807, 2.05) is 35.2 Å². The molecule has 0 radical (unpaired) electrons. The minimum Gasteiger partial charge on any atom is -0.481 e. The summed E-state index contributed by atoms with van der Waals surface area (Å²) in [4.78, 5) is 26.5. The maximum absolute atomic E-state index is 12.9. The van der Waals surface area contributed by atoms with Gasteiger partial charge >= 0.3 is 5.97 Å². The molecule has 2 fully saturated rings. The summed E-state index contributed by atoms with van der Waals surface area (Å²) in [6, 6.07) is 9.77. The summed E-state index contributed by atoms with van der Waals surface area (Å²) in [5.74, 6) is -1.11. The van der Waals surface area contributed by atoms with Gasteiger partial charge in [0.1, 0.15) is 0 Å². The van der Waals surface area contributed by atoms with Crippen molar-refractivity contribution in [1.82, 2.24) is 4.90 Å². The van der Waals surface area contributed by atoms with Gasteiger partial charge in [0, 0.05) is 24.9 Å². The van der Waals surface area contributed by atoms with Crippen molar-refractivity contribution < 1.29 is 14.7 Å². The molecule has 1 saturated heterocycles. The molecule has 0 aromatic heterocycles. The number of amides is 1. The molecule has 1 aliphatic carbocycles. The van der Waals surface area contributed by atoms with Crippen molar-refractivity contribution in [1.29, 1.82) is 0 Å². The molecule has 1 aromatic rings. The second-order valence-electron chi connectivity index (χ2n) is 7.25. The summed E-state index contributed by atoms with van der Waals surface area (Å²) < 4.78 is 0. The second kappa shape index (κ2) is 7.82.